The van der Waals surface area contributed by atoms with Crippen LogP contribution in [0.1, 0.15) is 43.0 Å². The largest absolute Gasteiger partial charge is 0.463 e. The molecule has 6 nitrogen and oxygen atoms in total. The molecule has 0 saturated carbocycles. The average Bonchev–Trinajstić information content (AvgIpc) is 3.16. The van der Waals surface area contributed by atoms with Crippen LogP contribution in [0.2, 0.25) is 0 Å². The quantitative estimate of drug-likeness (QED) is 0.546. The number of benzene rings is 2. The lowest BCUT2D eigenvalue weighted by molar-refractivity contribution is -0.139. The highest BCUT2D eigenvalue weighted by Crippen LogP contribution is 2.45. The second-order valence-electron chi connectivity index (χ2n) is 8.21. The lowest BCUT2D eigenvalue weighted by atomic mass is 9.90. The Kier molecular flexibility index (Phi) is 6.88. The molecule has 0 aromatic heterocycles. The molecule has 0 fully saturated rings. The number of nitrogens with one attached hydrogen (secondary N) is 1. The molecule has 176 valence electrons. The maximum Gasteiger partial charge on any atom is 0.338 e. The van der Waals surface area contributed by atoms with Crippen LogP contribution >= 0.6 is 11.8 Å². The van der Waals surface area contributed by atoms with Gasteiger partial charge in [0, 0.05) is 11.4 Å². The van der Waals surface area contributed by atoms with Crippen molar-refractivity contribution in [3.05, 3.63) is 87.3 Å². The summed E-state index contributed by atoms with van der Waals surface area (Å²) in [5, 5.41) is 5.40. The van der Waals surface area contributed by atoms with Gasteiger partial charge in [0.25, 0.3) is 0 Å². The van der Waals surface area contributed by atoms with Crippen molar-refractivity contribution in [1.82, 2.24) is 4.90 Å². The highest BCUT2D eigenvalue weighted by molar-refractivity contribution is 8.16. The summed E-state index contributed by atoms with van der Waals surface area (Å²) in [6.07, 6.45) is 0.0694. The number of nitrogens with zero attached hydrogens (tertiary/aromatic N) is 2. The molecule has 0 aliphatic carbocycles. The normalized spacial score (nSPS) is 17.2. The van der Waals surface area contributed by atoms with E-state index in [2.05, 4.69) is 16.4 Å². The number of carbonyl (C=O) groups is 2. The summed E-state index contributed by atoms with van der Waals surface area (Å²) >= 11 is 1.42. The standard InChI is InChI=1S/C26H26FN3O3S/c1-5-33-25(32)23-17(4)28-26-30(24(23)21-11-6-15(2)12-16(21)3)20(14-34-26)13-22(31)29-19-9-7-18(27)8-10-19/h6-12,14,24H,5,13H2,1-4H3,(H,29,31)/t24-/m1/s1. The minimum Gasteiger partial charge on any atom is -0.463 e. The van der Waals surface area contributed by atoms with Crippen molar-refractivity contribution in [2.45, 2.75) is 40.2 Å². The lowest BCUT2D eigenvalue weighted by Crippen LogP contribution is -2.37. The van der Waals surface area contributed by atoms with Gasteiger partial charge in [0.2, 0.25) is 5.91 Å². The van der Waals surface area contributed by atoms with Gasteiger partial charge >= 0.3 is 5.97 Å². The van der Waals surface area contributed by atoms with Crippen LogP contribution in [0.4, 0.5) is 10.1 Å². The Bertz CT molecular complexity index is 1230. The number of amides is 1. The molecule has 1 atom stereocenters. The molecule has 0 spiro atoms. The summed E-state index contributed by atoms with van der Waals surface area (Å²) in [4.78, 5) is 32.5. The van der Waals surface area contributed by atoms with E-state index in [-0.39, 0.29) is 24.8 Å². The van der Waals surface area contributed by atoms with Crippen molar-refractivity contribution in [3.63, 3.8) is 0 Å². The monoisotopic (exact) mass is 479 g/mol. The van der Waals surface area contributed by atoms with E-state index >= 15 is 0 Å². The first-order chi connectivity index (χ1) is 16.3. The summed E-state index contributed by atoms with van der Waals surface area (Å²) in [6.45, 7) is 7.87. The molecule has 2 aliphatic heterocycles. The minimum atomic E-state index is -0.466. The molecule has 0 bridgehead atoms. The first-order valence-corrected chi connectivity index (χ1v) is 11.9. The molecule has 2 aromatic rings. The van der Waals surface area contributed by atoms with Crippen LogP contribution in [0.3, 0.4) is 0 Å². The van der Waals surface area contributed by atoms with Crippen molar-refractivity contribution in [3.8, 4) is 0 Å². The fourth-order valence-electron chi connectivity index (χ4n) is 4.17. The fourth-order valence-corrected chi connectivity index (χ4v) is 5.13. The number of allylic oxidation sites excluding steroid dienone is 1. The molecule has 4 rings (SSSR count). The van der Waals surface area contributed by atoms with Crippen LogP contribution in [-0.2, 0) is 14.3 Å². The maximum absolute atomic E-state index is 13.2. The van der Waals surface area contributed by atoms with Gasteiger partial charge in [0.15, 0.2) is 5.17 Å². The molecular formula is C26H26FN3O3S. The Hall–Kier alpha value is -3.39. The molecule has 2 aromatic carbocycles. The van der Waals surface area contributed by atoms with E-state index in [4.69, 9.17) is 4.74 Å². The van der Waals surface area contributed by atoms with Crippen LogP contribution in [0, 0.1) is 19.7 Å². The molecule has 1 amide bonds. The number of aliphatic imine (C=N–C) groups is 1. The van der Waals surface area contributed by atoms with Gasteiger partial charge in [-0.05, 0) is 68.5 Å². The number of fused-ring (bicyclic) bond motifs is 1. The summed E-state index contributed by atoms with van der Waals surface area (Å²) in [5.74, 6) is -1.03. The zero-order valence-corrected chi connectivity index (χ0v) is 20.3. The van der Waals surface area contributed by atoms with Gasteiger partial charge in [-0.15, -0.1) is 0 Å². The second kappa shape index (κ2) is 9.85. The molecule has 0 radical (unpaired) electrons. The van der Waals surface area contributed by atoms with Crippen molar-refractivity contribution in [2.24, 2.45) is 4.99 Å². The highest BCUT2D eigenvalue weighted by Gasteiger charge is 2.41. The van der Waals surface area contributed by atoms with Gasteiger partial charge in [0.05, 0.1) is 30.3 Å². The smallest absolute Gasteiger partial charge is 0.338 e. The van der Waals surface area contributed by atoms with Gasteiger partial charge in [-0.25, -0.2) is 14.2 Å². The summed E-state index contributed by atoms with van der Waals surface area (Å²) in [6, 6.07) is 11.3. The van der Waals surface area contributed by atoms with E-state index < -0.39 is 12.0 Å². The molecule has 2 aliphatic rings. The van der Waals surface area contributed by atoms with Gasteiger partial charge in [0.1, 0.15) is 5.82 Å². The number of hydrogen-bond donors (Lipinski definition) is 1. The fraction of sp³-hybridized carbons (Fsp3) is 0.269. The van der Waals surface area contributed by atoms with E-state index in [0.717, 1.165) is 22.4 Å². The highest BCUT2D eigenvalue weighted by atomic mass is 32.2. The Morgan fingerprint density at radius 1 is 1.15 bits per heavy atom. The second-order valence-corrected chi connectivity index (χ2v) is 9.04. The molecule has 8 heteroatoms. The number of anilines is 1. The molecular weight excluding hydrogens is 453 g/mol. The number of carbonyl (C=O) groups excluding carboxylic acids is 2. The number of esters is 1. The molecule has 34 heavy (non-hydrogen) atoms. The lowest BCUT2D eigenvalue weighted by Gasteiger charge is -2.37. The van der Waals surface area contributed by atoms with E-state index in [1.165, 1.54) is 36.0 Å². The van der Waals surface area contributed by atoms with Crippen LogP contribution in [0.15, 0.2) is 69.8 Å². The zero-order chi connectivity index (χ0) is 24.4. The van der Waals surface area contributed by atoms with E-state index in [1.807, 2.05) is 43.2 Å². The van der Waals surface area contributed by atoms with Gasteiger partial charge in [-0.1, -0.05) is 35.5 Å². The number of ether oxygens (including phenoxy) is 1. The Balaban J connectivity index is 1.69. The SMILES string of the molecule is CCOC(=O)C1=C(C)N=C2SC=C(CC(=O)Nc3ccc(F)cc3)N2[C@@H]1c1ccc(C)cc1C. The van der Waals surface area contributed by atoms with E-state index in [1.54, 1.807) is 6.92 Å². The van der Waals surface area contributed by atoms with Crippen LogP contribution in [-0.4, -0.2) is 28.6 Å². The number of aryl methyl sites for hydroxylation is 2. The number of thioether (sulfide) groups is 1. The number of halogens is 1. The summed E-state index contributed by atoms with van der Waals surface area (Å²) in [7, 11) is 0. The van der Waals surface area contributed by atoms with Crippen LogP contribution < -0.4 is 5.32 Å². The van der Waals surface area contributed by atoms with Crippen molar-refractivity contribution >= 4 is 34.5 Å². The third-order valence-corrected chi connectivity index (χ3v) is 6.57. The van der Waals surface area contributed by atoms with Crippen LogP contribution in [0.25, 0.3) is 0 Å². The molecule has 0 saturated heterocycles. The van der Waals surface area contributed by atoms with Gasteiger partial charge in [-0.3, -0.25) is 4.79 Å². The molecule has 0 unspecified atom stereocenters. The first kappa shape index (κ1) is 23.8. The third kappa shape index (κ3) is 4.77. The predicted octanol–water partition coefficient (Wildman–Crippen LogP) is 5.61. The number of rotatable bonds is 6. The Morgan fingerprint density at radius 2 is 1.88 bits per heavy atom. The average molecular weight is 480 g/mol. The first-order valence-electron chi connectivity index (χ1n) is 11.0. The summed E-state index contributed by atoms with van der Waals surface area (Å²) < 4.78 is 18.6. The van der Waals surface area contributed by atoms with Crippen molar-refractivity contribution in [1.29, 1.82) is 0 Å². The number of hydrogen-bond acceptors (Lipinski definition) is 6. The third-order valence-electron chi connectivity index (χ3n) is 5.69. The van der Waals surface area contributed by atoms with Crippen molar-refractivity contribution in [2.75, 3.05) is 11.9 Å². The van der Waals surface area contributed by atoms with E-state index in [9.17, 15) is 14.0 Å². The minimum absolute atomic E-state index is 0.0694. The predicted molar refractivity (Wildman–Crippen MR) is 133 cm³/mol. The van der Waals surface area contributed by atoms with Crippen LogP contribution in [0.5, 0.6) is 0 Å². The number of amidine groups is 1. The van der Waals surface area contributed by atoms with Gasteiger partial charge in [-0.2, -0.15) is 0 Å². The molecule has 2 heterocycles. The van der Waals surface area contributed by atoms with E-state index in [0.29, 0.717) is 22.1 Å². The Morgan fingerprint density at radius 3 is 2.56 bits per heavy atom. The van der Waals surface area contributed by atoms with Crippen molar-refractivity contribution < 1.29 is 18.7 Å². The zero-order valence-electron chi connectivity index (χ0n) is 19.5. The maximum atomic E-state index is 13.2. The van der Waals surface area contributed by atoms with Gasteiger partial charge < -0.3 is 15.0 Å². The molecule has 1 N–H and O–H groups in total. The summed E-state index contributed by atoms with van der Waals surface area (Å²) in [5.41, 5.74) is 5.41. The topological polar surface area (TPSA) is 71.0 Å². The Labute approximate surface area is 202 Å².